The number of rotatable bonds is 3. The van der Waals surface area contributed by atoms with E-state index in [1.807, 2.05) is 0 Å². The molecule has 1 unspecified atom stereocenters. The molecular weight excluding hydrogens is 242 g/mol. The summed E-state index contributed by atoms with van der Waals surface area (Å²) in [5.74, 6) is -2.33. The van der Waals surface area contributed by atoms with Crippen LogP contribution in [-0.2, 0) is 4.74 Å². The Bertz CT molecular complexity index is 460. The average molecular weight is 256 g/mol. The van der Waals surface area contributed by atoms with Crippen molar-refractivity contribution in [3.05, 3.63) is 29.3 Å². The maximum atomic E-state index is 13.5. The fraction of sp³-hybridized carbons (Fsp3) is 0.417. The molecule has 1 aromatic carbocycles. The first kappa shape index (κ1) is 12.8. The monoisotopic (exact) mass is 256 g/mol. The quantitative estimate of drug-likeness (QED) is 0.805. The Kier molecular flexibility index (Phi) is 3.76. The van der Waals surface area contributed by atoms with Crippen molar-refractivity contribution in [3.8, 4) is 0 Å². The lowest BCUT2D eigenvalue weighted by atomic mass is 10.1. The first-order chi connectivity index (χ1) is 8.58. The van der Waals surface area contributed by atoms with Gasteiger partial charge in [0.25, 0.3) is 5.91 Å². The second-order valence-corrected chi connectivity index (χ2v) is 4.20. The summed E-state index contributed by atoms with van der Waals surface area (Å²) in [6.45, 7) is 0.955. The summed E-state index contributed by atoms with van der Waals surface area (Å²) in [7, 11) is 0. The maximum Gasteiger partial charge on any atom is 0.254 e. The third-order valence-corrected chi connectivity index (χ3v) is 2.82. The molecule has 0 spiro atoms. The van der Waals surface area contributed by atoms with Gasteiger partial charge in [-0.05, 0) is 25.0 Å². The van der Waals surface area contributed by atoms with Crippen LogP contribution in [0.5, 0.6) is 0 Å². The van der Waals surface area contributed by atoms with E-state index >= 15 is 0 Å². The predicted octanol–water partition coefficient (Wildman–Crippen LogP) is 1.46. The Hall–Kier alpha value is -1.69. The van der Waals surface area contributed by atoms with Crippen LogP contribution in [0.25, 0.3) is 0 Å². The lowest BCUT2D eigenvalue weighted by molar-refractivity contribution is 0.0854. The number of halogens is 2. The second-order valence-electron chi connectivity index (χ2n) is 4.20. The number of nitrogens with one attached hydrogen (secondary N) is 1. The minimum Gasteiger partial charge on any atom is -0.396 e. The molecule has 98 valence electrons. The number of anilines is 1. The van der Waals surface area contributed by atoms with Crippen molar-refractivity contribution in [1.29, 1.82) is 0 Å². The largest absolute Gasteiger partial charge is 0.396 e. The van der Waals surface area contributed by atoms with Crippen LogP contribution in [-0.4, -0.2) is 25.2 Å². The number of carbonyl (C=O) groups excluding carboxylic acids is 1. The summed E-state index contributed by atoms with van der Waals surface area (Å²) in [5.41, 5.74) is 4.50. The summed E-state index contributed by atoms with van der Waals surface area (Å²) in [5, 5.41) is 2.51. The Balaban J connectivity index is 2.04. The third kappa shape index (κ3) is 2.76. The fourth-order valence-corrected chi connectivity index (χ4v) is 1.88. The van der Waals surface area contributed by atoms with E-state index in [2.05, 4.69) is 5.32 Å². The first-order valence-corrected chi connectivity index (χ1v) is 5.72. The van der Waals surface area contributed by atoms with E-state index in [4.69, 9.17) is 10.5 Å². The molecule has 4 nitrogen and oxygen atoms in total. The molecule has 1 aliphatic heterocycles. The van der Waals surface area contributed by atoms with Crippen molar-refractivity contribution in [1.82, 2.24) is 5.32 Å². The van der Waals surface area contributed by atoms with Crippen molar-refractivity contribution in [2.24, 2.45) is 0 Å². The molecule has 0 saturated carbocycles. The van der Waals surface area contributed by atoms with Crippen molar-refractivity contribution in [2.45, 2.75) is 18.9 Å². The minimum atomic E-state index is -0.902. The number of hydrogen-bond donors (Lipinski definition) is 2. The number of carbonyl (C=O) groups is 1. The second kappa shape index (κ2) is 5.30. The van der Waals surface area contributed by atoms with E-state index in [9.17, 15) is 13.6 Å². The molecule has 1 aliphatic rings. The zero-order valence-corrected chi connectivity index (χ0v) is 9.71. The highest BCUT2D eigenvalue weighted by molar-refractivity contribution is 5.95. The van der Waals surface area contributed by atoms with Gasteiger partial charge in [-0.3, -0.25) is 4.79 Å². The summed E-state index contributed by atoms with van der Waals surface area (Å²) in [4.78, 5) is 11.7. The van der Waals surface area contributed by atoms with E-state index in [0.717, 1.165) is 25.0 Å². The van der Waals surface area contributed by atoms with Crippen LogP contribution in [0.15, 0.2) is 12.1 Å². The average Bonchev–Trinajstić information content (AvgIpc) is 2.83. The topological polar surface area (TPSA) is 64.4 Å². The lowest BCUT2D eigenvalue weighted by Gasteiger charge is -2.11. The van der Waals surface area contributed by atoms with Crippen LogP contribution in [0, 0.1) is 11.6 Å². The molecule has 2 rings (SSSR count). The van der Waals surface area contributed by atoms with Crippen molar-refractivity contribution in [2.75, 3.05) is 18.9 Å². The molecule has 18 heavy (non-hydrogen) atoms. The van der Waals surface area contributed by atoms with Gasteiger partial charge in [-0.1, -0.05) is 0 Å². The zero-order chi connectivity index (χ0) is 13.1. The van der Waals surface area contributed by atoms with E-state index in [1.54, 1.807) is 0 Å². The first-order valence-electron chi connectivity index (χ1n) is 5.72. The SMILES string of the molecule is Nc1cc(F)cc(C(=O)NCC2CCCO2)c1F. The number of benzene rings is 1. The molecule has 0 radical (unpaired) electrons. The number of nitrogens with two attached hydrogens (primary N) is 1. The van der Waals surface area contributed by atoms with Crippen LogP contribution in [0.2, 0.25) is 0 Å². The molecule has 1 saturated heterocycles. The molecule has 0 aromatic heterocycles. The number of hydrogen-bond acceptors (Lipinski definition) is 3. The molecule has 1 amide bonds. The molecule has 1 heterocycles. The Morgan fingerprint density at radius 3 is 2.94 bits per heavy atom. The number of amides is 1. The molecule has 1 fully saturated rings. The zero-order valence-electron chi connectivity index (χ0n) is 9.71. The van der Waals surface area contributed by atoms with Crippen LogP contribution >= 0.6 is 0 Å². The maximum absolute atomic E-state index is 13.5. The summed E-state index contributed by atoms with van der Waals surface area (Å²) in [6.07, 6.45) is 1.75. The normalized spacial score (nSPS) is 18.9. The number of nitrogen functional groups attached to an aromatic ring is 1. The van der Waals surface area contributed by atoms with Gasteiger partial charge >= 0.3 is 0 Å². The highest BCUT2D eigenvalue weighted by Gasteiger charge is 2.19. The summed E-state index contributed by atoms with van der Waals surface area (Å²) in [6, 6.07) is 1.67. The Labute approximate surface area is 103 Å². The Morgan fingerprint density at radius 1 is 1.50 bits per heavy atom. The van der Waals surface area contributed by atoms with Gasteiger partial charge in [0.2, 0.25) is 0 Å². The van der Waals surface area contributed by atoms with E-state index in [1.165, 1.54) is 0 Å². The highest BCUT2D eigenvalue weighted by atomic mass is 19.1. The van der Waals surface area contributed by atoms with Gasteiger partial charge in [-0.15, -0.1) is 0 Å². The van der Waals surface area contributed by atoms with Crippen molar-refractivity contribution >= 4 is 11.6 Å². The molecule has 1 atom stereocenters. The van der Waals surface area contributed by atoms with Gasteiger partial charge < -0.3 is 15.8 Å². The van der Waals surface area contributed by atoms with E-state index < -0.39 is 17.5 Å². The highest BCUT2D eigenvalue weighted by Crippen LogP contribution is 2.17. The van der Waals surface area contributed by atoms with Gasteiger partial charge in [0.1, 0.15) is 5.82 Å². The molecule has 0 bridgehead atoms. The van der Waals surface area contributed by atoms with Gasteiger partial charge in [-0.2, -0.15) is 0 Å². The van der Waals surface area contributed by atoms with Crippen molar-refractivity contribution < 1.29 is 18.3 Å². The summed E-state index contributed by atoms with van der Waals surface area (Å²) >= 11 is 0. The van der Waals surface area contributed by atoms with Gasteiger partial charge in [-0.25, -0.2) is 8.78 Å². The van der Waals surface area contributed by atoms with Crippen LogP contribution in [0.1, 0.15) is 23.2 Å². The molecule has 1 aromatic rings. The van der Waals surface area contributed by atoms with Crippen LogP contribution in [0.3, 0.4) is 0 Å². The lowest BCUT2D eigenvalue weighted by Crippen LogP contribution is -2.32. The molecule has 6 heteroatoms. The van der Waals surface area contributed by atoms with Crippen LogP contribution < -0.4 is 11.1 Å². The fourth-order valence-electron chi connectivity index (χ4n) is 1.88. The minimum absolute atomic E-state index is 0.0529. The molecular formula is C12H14F2N2O2. The smallest absolute Gasteiger partial charge is 0.254 e. The van der Waals surface area contributed by atoms with E-state index in [-0.39, 0.29) is 23.9 Å². The number of ether oxygens (including phenoxy) is 1. The molecule has 3 N–H and O–H groups in total. The van der Waals surface area contributed by atoms with Gasteiger partial charge in [0.05, 0.1) is 17.4 Å². The van der Waals surface area contributed by atoms with Crippen LogP contribution in [0.4, 0.5) is 14.5 Å². The third-order valence-electron chi connectivity index (χ3n) is 2.82. The molecule has 0 aliphatic carbocycles. The summed E-state index contributed by atoms with van der Waals surface area (Å²) < 4.78 is 31.9. The van der Waals surface area contributed by atoms with Crippen molar-refractivity contribution in [3.63, 3.8) is 0 Å². The van der Waals surface area contributed by atoms with E-state index in [0.29, 0.717) is 6.61 Å². The standard InChI is InChI=1S/C12H14F2N2O2/c13-7-4-9(11(14)10(15)5-7)12(17)16-6-8-2-1-3-18-8/h4-5,8H,1-3,6,15H2,(H,16,17). The van der Waals surface area contributed by atoms with Gasteiger partial charge in [0, 0.05) is 13.2 Å². The predicted molar refractivity (Wildman–Crippen MR) is 62.1 cm³/mol. The Morgan fingerprint density at radius 2 is 2.28 bits per heavy atom. The van der Waals surface area contributed by atoms with Gasteiger partial charge in [0.15, 0.2) is 5.82 Å².